The van der Waals surface area contributed by atoms with Gasteiger partial charge in [0.25, 0.3) is 0 Å². The number of nitrogens with zero attached hydrogens (tertiary/aromatic N) is 1. The highest BCUT2D eigenvalue weighted by atomic mass is 16.4. The van der Waals surface area contributed by atoms with Crippen molar-refractivity contribution in [2.45, 2.75) is 51.9 Å². The van der Waals surface area contributed by atoms with Crippen molar-refractivity contribution in [3.63, 3.8) is 0 Å². The summed E-state index contributed by atoms with van der Waals surface area (Å²) in [4.78, 5) is 12.0. The Hall–Kier alpha value is -1.26. The van der Waals surface area contributed by atoms with Crippen LogP contribution in [0.15, 0.2) is 5.16 Å². The molecule has 1 amide bonds. The third kappa shape index (κ3) is 4.55. The van der Waals surface area contributed by atoms with Gasteiger partial charge in [-0.05, 0) is 25.2 Å². The molecule has 1 rings (SSSR count). The first kappa shape index (κ1) is 14.8. The molecule has 1 unspecified atom stereocenters. The highest BCUT2D eigenvalue weighted by Gasteiger charge is 2.23. The van der Waals surface area contributed by atoms with Crippen LogP contribution in [0.25, 0.3) is 0 Å². The Morgan fingerprint density at radius 2 is 2.11 bits per heavy atom. The van der Waals surface area contributed by atoms with Gasteiger partial charge >= 0.3 is 0 Å². The second-order valence-electron chi connectivity index (χ2n) is 5.12. The van der Waals surface area contributed by atoms with Crippen LogP contribution in [0.3, 0.4) is 0 Å². The lowest BCUT2D eigenvalue weighted by Crippen LogP contribution is -2.41. The van der Waals surface area contributed by atoms with Crippen molar-refractivity contribution >= 4 is 11.7 Å². The maximum atomic E-state index is 12.0. The molecule has 0 saturated heterocycles. The van der Waals surface area contributed by atoms with Gasteiger partial charge in [0.2, 0.25) is 5.91 Å². The molecule has 0 aromatic heterocycles. The van der Waals surface area contributed by atoms with Crippen molar-refractivity contribution in [1.82, 2.24) is 5.32 Å². The summed E-state index contributed by atoms with van der Waals surface area (Å²) in [6, 6.07) is 0. The van der Waals surface area contributed by atoms with Gasteiger partial charge in [-0.2, -0.15) is 0 Å². The zero-order valence-electron chi connectivity index (χ0n) is 11.2. The third-order valence-electron chi connectivity index (χ3n) is 3.66. The summed E-state index contributed by atoms with van der Waals surface area (Å²) in [5, 5.41) is 14.6. The summed E-state index contributed by atoms with van der Waals surface area (Å²) in [6.45, 7) is 2.70. The van der Waals surface area contributed by atoms with Crippen molar-refractivity contribution in [2.75, 3.05) is 6.54 Å². The van der Waals surface area contributed by atoms with Gasteiger partial charge in [-0.1, -0.05) is 37.8 Å². The van der Waals surface area contributed by atoms with Crippen LogP contribution < -0.4 is 11.1 Å². The van der Waals surface area contributed by atoms with E-state index in [2.05, 4.69) is 10.5 Å². The Kier molecular flexibility index (Phi) is 6.54. The molecule has 5 heteroatoms. The molecule has 0 radical (unpaired) electrons. The van der Waals surface area contributed by atoms with Crippen LogP contribution >= 0.6 is 0 Å². The van der Waals surface area contributed by atoms with Gasteiger partial charge in [-0.25, -0.2) is 0 Å². The number of carbonyl (C=O) groups excluding carboxylic acids is 1. The number of rotatable bonds is 6. The maximum absolute atomic E-state index is 12.0. The molecule has 104 valence electrons. The Balaban J connectivity index is 2.40. The number of nitrogens with two attached hydrogens (primary N) is 1. The van der Waals surface area contributed by atoms with Gasteiger partial charge in [0.1, 0.15) is 0 Å². The van der Waals surface area contributed by atoms with Crippen LogP contribution in [0.5, 0.6) is 0 Å². The number of hydrogen-bond donors (Lipinski definition) is 3. The fraction of sp³-hybridized carbons (Fsp3) is 0.846. The molecule has 1 atom stereocenters. The van der Waals surface area contributed by atoms with Crippen molar-refractivity contribution in [1.29, 1.82) is 0 Å². The standard InChI is InChI=1S/C13H25N3O2/c1-2-6-11(12(14)16-18)13(17)15-9-10-7-4-3-5-8-10/h10-11,18H,2-9H2,1H3,(H2,14,16)(H,15,17). The molecular weight excluding hydrogens is 230 g/mol. The van der Waals surface area contributed by atoms with Crippen LogP contribution in [0.4, 0.5) is 0 Å². The van der Waals surface area contributed by atoms with Gasteiger partial charge in [0.15, 0.2) is 5.84 Å². The van der Waals surface area contributed by atoms with Crippen molar-refractivity contribution in [3.05, 3.63) is 0 Å². The first-order valence-electron chi connectivity index (χ1n) is 6.94. The summed E-state index contributed by atoms with van der Waals surface area (Å²) in [5.41, 5.74) is 5.55. The van der Waals surface area contributed by atoms with Crippen LogP contribution in [0.2, 0.25) is 0 Å². The number of amidine groups is 1. The minimum Gasteiger partial charge on any atom is -0.409 e. The molecule has 1 aliphatic rings. The monoisotopic (exact) mass is 255 g/mol. The average molecular weight is 255 g/mol. The summed E-state index contributed by atoms with van der Waals surface area (Å²) in [7, 11) is 0. The average Bonchev–Trinajstić information content (AvgIpc) is 2.42. The Morgan fingerprint density at radius 1 is 1.44 bits per heavy atom. The highest BCUT2D eigenvalue weighted by Crippen LogP contribution is 2.22. The number of amides is 1. The summed E-state index contributed by atoms with van der Waals surface area (Å²) >= 11 is 0. The van der Waals surface area contributed by atoms with E-state index in [0.29, 0.717) is 12.3 Å². The largest absolute Gasteiger partial charge is 0.409 e. The predicted octanol–water partition coefficient (Wildman–Crippen LogP) is 1.85. The Labute approximate surface area is 109 Å². The van der Waals surface area contributed by atoms with E-state index in [-0.39, 0.29) is 11.7 Å². The molecule has 4 N–H and O–H groups in total. The van der Waals surface area contributed by atoms with Gasteiger partial charge < -0.3 is 16.3 Å². The molecule has 0 spiro atoms. The number of carbonyl (C=O) groups is 1. The summed E-state index contributed by atoms with van der Waals surface area (Å²) < 4.78 is 0. The minimum atomic E-state index is -0.497. The number of oxime groups is 1. The lowest BCUT2D eigenvalue weighted by atomic mass is 9.89. The summed E-state index contributed by atoms with van der Waals surface area (Å²) in [5.74, 6) is -0.00317. The summed E-state index contributed by atoms with van der Waals surface area (Å²) in [6.07, 6.45) is 7.68. The quantitative estimate of drug-likeness (QED) is 0.293. The third-order valence-corrected chi connectivity index (χ3v) is 3.66. The number of hydrogen-bond acceptors (Lipinski definition) is 3. The molecule has 5 nitrogen and oxygen atoms in total. The van der Waals surface area contributed by atoms with Gasteiger partial charge in [-0.15, -0.1) is 0 Å². The van der Waals surface area contributed by atoms with E-state index < -0.39 is 5.92 Å². The lowest BCUT2D eigenvalue weighted by Gasteiger charge is -2.23. The molecular formula is C13H25N3O2. The zero-order chi connectivity index (χ0) is 13.4. The van der Waals surface area contributed by atoms with E-state index in [1.54, 1.807) is 0 Å². The molecule has 0 aromatic rings. The van der Waals surface area contributed by atoms with E-state index in [1.807, 2.05) is 6.92 Å². The SMILES string of the molecule is CCCC(C(=O)NCC1CCCCC1)/C(N)=N/O. The van der Waals surface area contributed by atoms with E-state index in [0.717, 1.165) is 13.0 Å². The first-order chi connectivity index (χ1) is 8.69. The second-order valence-corrected chi connectivity index (χ2v) is 5.12. The maximum Gasteiger partial charge on any atom is 0.230 e. The van der Waals surface area contributed by atoms with E-state index in [9.17, 15) is 4.79 Å². The Morgan fingerprint density at radius 3 is 2.67 bits per heavy atom. The van der Waals surface area contributed by atoms with Crippen LogP contribution in [0.1, 0.15) is 51.9 Å². The molecule has 0 aliphatic heterocycles. The molecule has 0 aromatic carbocycles. The van der Waals surface area contributed by atoms with E-state index in [1.165, 1.54) is 32.1 Å². The second kappa shape index (κ2) is 7.95. The van der Waals surface area contributed by atoms with Crippen molar-refractivity contribution < 1.29 is 10.0 Å². The molecule has 0 bridgehead atoms. The first-order valence-corrected chi connectivity index (χ1v) is 6.94. The highest BCUT2D eigenvalue weighted by molar-refractivity contribution is 6.02. The topological polar surface area (TPSA) is 87.7 Å². The van der Waals surface area contributed by atoms with Crippen LogP contribution in [-0.4, -0.2) is 23.5 Å². The fourth-order valence-corrected chi connectivity index (χ4v) is 2.53. The Bertz CT molecular complexity index is 286. The molecule has 0 heterocycles. The molecule has 18 heavy (non-hydrogen) atoms. The molecule has 1 fully saturated rings. The lowest BCUT2D eigenvalue weighted by molar-refractivity contribution is -0.123. The number of nitrogens with one attached hydrogen (secondary N) is 1. The van der Waals surface area contributed by atoms with Crippen molar-refractivity contribution in [2.24, 2.45) is 22.7 Å². The van der Waals surface area contributed by atoms with Gasteiger partial charge in [0, 0.05) is 6.54 Å². The van der Waals surface area contributed by atoms with Gasteiger partial charge in [0.05, 0.1) is 5.92 Å². The van der Waals surface area contributed by atoms with Crippen molar-refractivity contribution in [3.8, 4) is 0 Å². The molecule has 1 saturated carbocycles. The van der Waals surface area contributed by atoms with Crippen LogP contribution in [0, 0.1) is 11.8 Å². The van der Waals surface area contributed by atoms with Crippen LogP contribution in [-0.2, 0) is 4.79 Å². The normalized spacial score (nSPS) is 19.5. The fourth-order valence-electron chi connectivity index (χ4n) is 2.53. The minimum absolute atomic E-state index is 0.0120. The smallest absolute Gasteiger partial charge is 0.230 e. The van der Waals surface area contributed by atoms with E-state index in [4.69, 9.17) is 10.9 Å². The predicted molar refractivity (Wildman–Crippen MR) is 71.4 cm³/mol. The zero-order valence-corrected chi connectivity index (χ0v) is 11.2. The van der Waals surface area contributed by atoms with E-state index >= 15 is 0 Å². The van der Waals surface area contributed by atoms with Gasteiger partial charge in [-0.3, -0.25) is 4.79 Å². The molecule has 1 aliphatic carbocycles.